The van der Waals surface area contributed by atoms with Gasteiger partial charge in [-0.3, -0.25) is 9.29 Å². The Morgan fingerprint density at radius 1 is 1.35 bits per heavy atom. The smallest absolute Gasteiger partial charge is 0.264 e. The first kappa shape index (κ1) is 14.6. The molecule has 2 N–H and O–H groups in total. The van der Waals surface area contributed by atoms with E-state index in [0.717, 1.165) is 4.31 Å². The zero-order valence-corrected chi connectivity index (χ0v) is 12.6. The number of sulfonamides is 1. The van der Waals surface area contributed by atoms with Gasteiger partial charge in [0.2, 0.25) is 0 Å². The van der Waals surface area contributed by atoms with Crippen molar-refractivity contribution in [3.8, 4) is 0 Å². The second-order valence-corrected chi connectivity index (χ2v) is 6.68. The van der Waals surface area contributed by atoms with E-state index < -0.39 is 10.0 Å². The summed E-state index contributed by atoms with van der Waals surface area (Å²) in [5.41, 5.74) is 7.24. The number of nitrogens with zero attached hydrogens (tertiary/aromatic N) is 2. The third-order valence-corrected chi connectivity index (χ3v) is 5.18. The summed E-state index contributed by atoms with van der Waals surface area (Å²) in [6, 6.07) is 6.13. The van der Waals surface area contributed by atoms with Gasteiger partial charge in [0, 0.05) is 24.0 Å². The molecule has 0 aliphatic carbocycles. The minimum atomic E-state index is -3.72. The highest BCUT2D eigenvalue weighted by Crippen LogP contribution is 2.28. The van der Waals surface area contributed by atoms with Crippen LogP contribution in [0.25, 0.3) is 0 Å². The summed E-state index contributed by atoms with van der Waals surface area (Å²) >= 11 is 6.00. The molecule has 0 spiro atoms. The number of benzene rings is 1. The first-order chi connectivity index (χ1) is 9.34. The first-order valence-electron chi connectivity index (χ1n) is 5.78. The van der Waals surface area contributed by atoms with Crippen molar-refractivity contribution in [2.24, 2.45) is 0 Å². The Balaban J connectivity index is 2.51. The van der Waals surface area contributed by atoms with Gasteiger partial charge in [-0.15, -0.1) is 0 Å². The van der Waals surface area contributed by atoms with E-state index in [9.17, 15) is 8.42 Å². The lowest BCUT2D eigenvalue weighted by Crippen LogP contribution is -2.26. The zero-order valence-electron chi connectivity index (χ0n) is 11.0. The lowest BCUT2D eigenvalue weighted by Gasteiger charge is -2.19. The van der Waals surface area contributed by atoms with Crippen LogP contribution in [-0.2, 0) is 10.0 Å². The number of halogens is 1. The molecule has 106 valence electrons. The van der Waals surface area contributed by atoms with Gasteiger partial charge in [0.15, 0.2) is 0 Å². The summed E-state index contributed by atoms with van der Waals surface area (Å²) < 4.78 is 26.2. The Labute approximate surface area is 123 Å². The molecule has 0 amide bonds. The van der Waals surface area contributed by atoms with Crippen molar-refractivity contribution < 1.29 is 8.42 Å². The molecular weight excluding hydrogens is 298 g/mol. The van der Waals surface area contributed by atoms with Crippen molar-refractivity contribution in [1.29, 1.82) is 0 Å². The van der Waals surface area contributed by atoms with Crippen molar-refractivity contribution >= 4 is 33.0 Å². The predicted molar refractivity (Wildman–Crippen MR) is 80.4 cm³/mol. The Hall–Kier alpha value is -1.79. The highest BCUT2D eigenvalue weighted by atomic mass is 35.5. The quantitative estimate of drug-likeness (QED) is 0.883. The average Bonchev–Trinajstić information content (AvgIpc) is 2.44. The van der Waals surface area contributed by atoms with Crippen LogP contribution in [-0.4, -0.2) is 20.4 Å². The standard InChI is InChI=1S/C13H14ClN3O2S/c1-9-12(14)6-11(7-13(9)15)20(18,19)17(2)10-4-3-5-16-8-10/h3-8H,15H2,1-2H3. The van der Waals surface area contributed by atoms with Gasteiger partial charge in [0.1, 0.15) is 0 Å². The Morgan fingerprint density at radius 3 is 2.60 bits per heavy atom. The molecule has 0 saturated heterocycles. The van der Waals surface area contributed by atoms with Crippen LogP contribution in [0.5, 0.6) is 0 Å². The molecule has 0 atom stereocenters. The maximum absolute atomic E-state index is 12.5. The molecule has 0 aliphatic rings. The van der Waals surface area contributed by atoms with Gasteiger partial charge >= 0.3 is 0 Å². The van der Waals surface area contributed by atoms with Crippen molar-refractivity contribution in [3.63, 3.8) is 0 Å². The third kappa shape index (κ3) is 2.57. The maximum Gasteiger partial charge on any atom is 0.264 e. The van der Waals surface area contributed by atoms with Crippen LogP contribution >= 0.6 is 11.6 Å². The molecule has 20 heavy (non-hydrogen) atoms. The maximum atomic E-state index is 12.5. The van der Waals surface area contributed by atoms with Crippen LogP contribution in [0.4, 0.5) is 11.4 Å². The fraction of sp³-hybridized carbons (Fsp3) is 0.154. The van der Waals surface area contributed by atoms with E-state index in [1.165, 1.54) is 25.4 Å². The number of nitrogens with two attached hydrogens (primary N) is 1. The van der Waals surface area contributed by atoms with Crippen LogP contribution in [0.15, 0.2) is 41.6 Å². The molecule has 0 fully saturated rings. The highest BCUT2D eigenvalue weighted by Gasteiger charge is 2.23. The SMILES string of the molecule is Cc1c(N)cc(S(=O)(=O)N(C)c2cccnc2)cc1Cl. The molecular formula is C13H14ClN3O2S. The molecule has 7 heteroatoms. The van der Waals surface area contributed by atoms with E-state index in [2.05, 4.69) is 4.98 Å². The monoisotopic (exact) mass is 311 g/mol. The van der Waals surface area contributed by atoms with Crippen molar-refractivity contribution in [2.45, 2.75) is 11.8 Å². The number of hydrogen-bond donors (Lipinski definition) is 1. The fourth-order valence-electron chi connectivity index (χ4n) is 1.66. The van der Waals surface area contributed by atoms with Gasteiger partial charge in [0.25, 0.3) is 10.0 Å². The van der Waals surface area contributed by atoms with E-state index in [1.807, 2.05) is 0 Å². The molecule has 2 aromatic rings. The van der Waals surface area contributed by atoms with Crippen LogP contribution in [0.1, 0.15) is 5.56 Å². The summed E-state index contributed by atoms with van der Waals surface area (Å²) in [5.74, 6) is 0. The number of nitrogen functional groups attached to an aromatic ring is 1. The molecule has 0 saturated carbocycles. The van der Waals surface area contributed by atoms with E-state index in [-0.39, 0.29) is 4.90 Å². The van der Waals surface area contributed by atoms with Crippen molar-refractivity contribution in [3.05, 3.63) is 47.2 Å². The lowest BCUT2D eigenvalue weighted by molar-refractivity contribution is 0.594. The van der Waals surface area contributed by atoms with E-state index in [0.29, 0.717) is 22.0 Å². The third-order valence-electron chi connectivity index (χ3n) is 3.03. The zero-order chi connectivity index (χ0) is 14.9. The van der Waals surface area contributed by atoms with E-state index in [1.54, 1.807) is 25.3 Å². The molecule has 2 rings (SSSR count). The molecule has 0 aliphatic heterocycles. The Kier molecular flexibility index (Phi) is 3.87. The van der Waals surface area contributed by atoms with E-state index in [4.69, 9.17) is 17.3 Å². The highest BCUT2D eigenvalue weighted by molar-refractivity contribution is 7.92. The second kappa shape index (κ2) is 5.30. The topological polar surface area (TPSA) is 76.3 Å². The minimum absolute atomic E-state index is 0.0527. The average molecular weight is 312 g/mol. The predicted octanol–water partition coefficient (Wildman–Crippen LogP) is 2.45. The molecule has 0 unspecified atom stereocenters. The minimum Gasteiger partial charge on any atom is -0.398 e. The Morgan fingerprint density at radius 2 is 2.05 bits per heavy atom. The van der Waals surface area contributed by atoms with Crippen LogP contribution in [0, 0.1) is 6.92 Å². The Bertz CT molecular complexity index is 710. The van der Waals surface area contributed by atoms with Gasteiger partial charge in [-0.1, -0.05) is 11.6 Å². The van der Waals surface area contributed by atoms with Gasteiger partial charge in [-0.25, -0.2) is 8.42 Å². The largest absolute Gasteiger partial charge is 0.398 e. The van der Waals surface area contributed by atoms with Crippen LogP contribution in [0.2, 0.25) is 5.02 Å². The van der Waals surface area contributed by atoms with Crippen molar-refractivity contribution in [2.75, 3.05) is 17.1 Å². The van der Waals surface area contributed by atoms with Gasteiger partial charge in [-0.05, 0) is 36.8 Å². The number of rotatable bonds is 3. The normalized spacial score (nSPS) is 11.3. The molecule has 5 nitrogen and oxygen atoms in total. The fourth-order valence-corrected chi connectivity index (χ4v) is 3.20. The summed E-state index contributed by atoms with van der Waals surface area (Å²) in [6.07, 6.45) is 3.04. The second-order valence-electron chi connectivity index (χ2n) is 4.30. The van der Waals surface area contributed by atoms with E-state index >= 15 is 0 Å². The number of hydrogen-bond acceptors (Lipinski definition) is 4. The molecule has 1 aromatic carbocycles. The summed E-state index contributed by atoms with van der Waals surface area (Å²) in [6.45, 7) is 1.74. The number of aromatic nitrogens is 1. The van der Waals surface area contributed by atoms with Crippen LogP contribution < -0.4 is 10.0 Å². The lowest BCUT2D eigenvalue weighted by atomic mass is 10.2. The van der Waals surface area contributed by atoms with Gasteiger partial charge in [0.05, 0.1) is 16.8 Å². The summed E-state index contributed by atoms with van der Waals surface area (Å²) in [5, 5.41) is 0.322. The van der Waals surface area contributed by atoms with Gasteiger partial charge < -0.3 is 5.73 Å². The van der Waals surface area contributed by atoms with Crippen molar-refractivity contribution in [1.82, 2.24) is 4.98 Å². The number of pyridine rings is 1. The molecule has 0 bridgehead atoms. The van der Waals surface area contributed by atoms with Crippen LogP contribution in [0.3, 0.4) is 0 Å². The molecule has 1 aromatic heterocycles. The molecule has 1 heterocycles. The summed E-state index contributed by atoms with van der Waals surface area (Å²) in [7, 11) is -2.27. The molecule has 0 radical (unpaired) electrons. The number of anilines is 2. The van der Waals surface area contributed by atoms with Gasteiger partial charge in [-0.2, -0.15) is 0 Å². The summed E-state index contributed by atoms with van der Waals surface area (Å²) in [4.78, 5) is 3.96. The first-order valence-corrected chi connectivity index (χ1v) is 7.60.